The molecular formula is C13H17BrN2O4S. The van der Waals surface area contributed by atoms with E-state index in [2.05, 4.69) is 15.9 Å². The molecule has 2 N–H and O–H groups in total. The second-order valence-corrected chi connectivity index (χ2v) is 7.72. The van der Waals surface area contributed by atoms with Gasteiger partial charge in [-0.2, -0.15) is 4.31 Å². The lowest BCUT2D eigenvalue weighted by Gasteiger charge is -2.30. The molecule has 116 valence electrons. The number of nitrogens with zero attached hydrogens (tertiary/aromatic N) is 1. The van der Waals surface area contributed by atoms with Crippen molar-refractivity contribution in [3.8, 4) is 5.75 Å². The number of ether oxygens (including phenoxy) is 1. The monoisotopic (exact) mass is 376 g/mol. The summed E-state index contributed by atoms with van der Waals surface area (Å²) in [6, 6.07) is 4.80. The van der Waals surface area contributed by atoms with Crippen LogP contribution in [0.5, 0.6) is 5.75 Å². The zero-order valence-corrected chi connectivity index (χ0v) is 14.0. The van der Waals surface area contributed by atoms with Crippen molar-refractivity contribution in [3.63, 3.8) is 0 Å². The van der Waals surface area contributed by atoms with Crippen LogP contribution >= 0.6 is 15.9 Å². The van der Waals surface area contributed by atoms with Crippen LogP contribution in [-0.4, -0.2) is 38.8 Å². The maximum atomic E-state index is 12.8. The van der Waals surface area contributed by atoms with Crippen molar-refractivity contribution in [2.75, 3.05) is 20.2 Å². The molecule has 0 bridgehead atoms. The van der Waals surface area contributed by atoms with E-state index >= 15 is 0 Å². The standard InChI is InChI=1S/C13H17BrN2O4S/c1-20-11-5-4-10(14)7-12(11)21(18,19)16-6-2-3-9(8-16)13(15)17/h4-5,7,9H,2-3,6,8H2,1H3,(H2,15,17)/t9-/m0/s1. The normalized spacial score (nSPS) is 20.2. The average molecular weight is 377 g/mol. The van der Waals surface area contributed by atoms with Gasteiger partial charge in [-0.15, -0.1) is 0 Å². The summed E-state index contributed by atoms with van der Waals surface area (Å²) in [7, 11) is -2.30. The lowest BCUT2D eigenvalue weighted by Crippen LogP contribution is -2.44. The van der Waals surface area contributed by atoms with E-state index in [1.54, 1.807) is 12.1 Å². The second-order valence-electron chi connectivity index (χ2n) is 4.90. The third-order valence-electron chi connectivity index (χ3n) is 3.53. The number of carbonyl (C=O) groups excluding carboxylic acids is 1. The summed E-state index contributed by atoms with van der Waals surface area (Å²) >= 11 is 3.26. The zero-order chi connectivity index (χ0) is 15.6. The number of amides is 1. The number of halogens is 1. The smallest absolute Gasteiger partial charge is 0.246 e. The van der Waals surface area contributed by atoms with Gasteiger partial charge in [0.2, 0.25) is 15.9 Å². The van der Waals surface area contributed by atoms with Crippen LogP contribution in [0.2, 0.25) is 0 Å². The molecule has 1 heterocycles. The maximum absolute atomic E-state index is 12.8. The van der Waals surface area contributed by atoms with Crippen molar-refractivity contribution in [2.45, 2.75) is 17.7 Å². The molecule has 1 atom stereocenters. The minimum atomic E-state index is -3.72. The van der Waals surface area contributed by atoms with Crippen LogP contribution in [0.25, 0.3) is 0 Å². The van der Waals surface area contributed by atoms with E-state index in [4.69, 9.17) is 10.5 Å². The largest absolute Gasteiger partial charge is 0.495 e. The molecule has 1 fully saturated rings. The van der Waals surface area contributed by atoms with Gasteiger partial charge in [0, 0.05) is 17.6 Å². The molecule has 21 heavy (non-hydrogen) atoms. The van der Waals surface area contributed by atoms with Gasteiger partial charge < -0.3 is 10.5 Å². The van der Waals surface area contributed by atoms with Crippen LogP contribution in [0.1, 0.15) is 12.8 Å². The lowest BCUT2D eigenvalue weighted by atomic mass is 9.99. The van der Waals surface area contributed by atoms with Crippen LogP contribution in [0.15, 0.2) is 27.6 Å². The van der Waals surface area contributed by atoms with Crippen molar-refractivity contribution in [3.05, 3.63) is 22.7 Å². The highest BCUT2D eigenvalue weighted by molar-refractivity contribution is 9.10. The minimum absolute atomic E-state index is 0.0875. The highest BCUT2D eigenvalue weighted by Gasteiger charge is 2.34. The molecule has 6 nitrogen and oxygen atoms in total. The predicted octanol–water partition coefficient (Wildman–Crippen LogP) is 1.34. The molecule has 1 aromatic rings. The Labute approximate surface area is 132 Å². The number of benzene rings is 1. The van der Waals surface area contributed by atoms with Gasteiger partial charge in [0.1, 0.15) is 10.6 Å². The van der Waals surface area contributed by atoms with Gasteiger partial charge >= 0.3 is 0 Å². The van der Waals surface area contributed by atoms with Gasteiger partial charge in [-0.05, 0) is 31.0 Å². The van der Waals surface area contributed by atoms with Crippen LogP contribution in [0.3, 0.4) is 0 Å². The Morgan fingerprint density at radius 1 is 1.48 bits per heavy atom. The fourth-order valence-electron chi connectivity index (χ4n) is 2.38. The highest BCUT2D eigenvalue weighted by atomic mass is 79.9. The predicted molar refractivity (Wildman–Crippen MR) is 81.4 cm³/mol. The van der Waals surface area contributed by atoms with Gasteiger partial charge in [0.15, 0.2) is 0 Å². The number of methoxy groups -OCH3 is 1. The number of hydrogen-bond donors (Lipinski definition) is 1. The molecule has 1 aliphatic rings. The lowest BCUT2D eigenvalue weighted by molar-refractivity contribution is -0.122. The molecule has 0 radical (unpaired) electrons. The third-order valence-corrected chi connectivity index (χ3v) is 5.91. The minimum Gasteiger partial charge on any atom is -0.495 e. The summed E-state index contributed by atoms with van der Waals surface area (Å²) in [4.78, 5) is 11.4. The fraction of sp³-hybridized carbons (Fsp3) is 0.462. The molecule has 1 amide bonds. The summed E-state index contributed by atoms with van der Waals surface area (Å²) in [5.41, 5.74) is 5.30. The Bertz CT molecular complexity index is 648. The summed E-state index contributed by atoms with van der Waals surface area (Å²) in [5, 5.41) is 0. The van der Waals surface area contributed by atoms with Crippen LogP contribution < -0.4 is 10.5 Å². The zero-order valence-electron chi connectivity index (χ0n) is 11.6. The van der Waals surface area contributed by atoms with Gasteiger partial charge in [-0.1, -0.05) is 15.9 Å². The molecule has 1 aromatic carbocycles. The molecule has 0 aliphatic carbocycles. The first kappa shape index (κ1) is 16.3. The highest BCUT2D eigenvalue weighted by Crippen LogP contribution is 2.31. The first-order chi connectivity index (χ1) is 9.86. The maximum Gasteiger partial charge on any atom is 0.246 e. The number of nitrogens with two attached hydrogens (primary N) is 1. The van der Waals surface area contributed by atoms with Crippen molar-refractivity contribution in [2.24, 2.45) is 11.7 Å². The van der Waals surface area contributed by atoms with Crippen molar-refractivity contribution in [1.29, 1.82) is 0 Å². The molecule has 8 heteroatoms. The van der Waals surface area contributed by atoms with E-state index in [-0.39, 0.29) is 17.2 Å². The topological polar surface area (TPSA) is 89.7 Å². The van der Waals surface area contributed by atoms with Crippen molar-refractivity contribution in [1.82, 2.24) is 4.31 Å². The fourth-order valence-corrected chi connectivity index (χ4v) is 4.60. The van der Waals surface area contributed by atoms with Gasteiger partial charge in [-0.3, -0.25) is 4.79 Å². The Balaban J connectivity index is 2.38. The van der Waals surface area contributed by atoms with E-state index < -0.39 is 21.8 Å². The number of sulfonamides is 1. The van der Waals surface area contributed by atoms with E-state index in [1.807, 2.05) is 0 Å². The average Bonchev–Trinajstić information content (AvgIpc) is 2.47. The Morgan fingerprint density at radius 3 is 2.81 bits per heavy atom. The quantitative estimate of drug-likeness (QED) is 0.858. The van der Waals surface area contributed by atoms with Crippen LogP contribution in [0, 0.1) is 5.92 Å². The van der Waals surface area contributed by atoms with Crippen LogP contribution in [0.4, 0.5) is 0 Å². The molecule has 0 spiro atoms. The van der Waals surface area contributed by atoms with Gasteiger partial charge in [0.25, 0.3) is 0 Å². The number of carbonyl (C=O) groups is 1. The molecule has 0 aromatic heterocycles. The first-order valence-electron chi connectivity index (χ1n) is 6.49. The molecular weight excluding hydrogens is 360 g/mol. The SMILES string of the molecule is COc1ccc(Br)cc1S(=O)(=O)N1CCC[C@H](C(N)=O)C1. The molecule has 0 unspecified atom stereocenters. The van der Waals surface area contributed by atoms with E-state index in [1.165, 1.54) is 17.5 Å². The number of hydrogen-bond acceptors (Lipinski definition) is 4. The number of piperidine rings is 1. The molecule has 1 aliphatic heterocycles. The van der Waals surface area contributed by atoms with E-state index in [0.29, 0.717) is 23.9 Å². The number of rotatable bonds is 4. The molecule has 0 saturated carbocycles. The van der Waals surface area contributed by atoms with Gasteiger partial charge in [-0.25, -0.2) is 8.42 Å². The Morgan fingerprint density at radius 2 is 2.19 bits per heavy atom. The third kappa shape index (κ3) is 3.38. The Kier molecular flexibility index (Phi) is 4.90. The van der Waals surface area contributed by atoms with Gasteiger partial charge in [0.05, 0.1) is 13.0 Å². The summed E-state index contributed by atoms with van der Waals surface area (Å²) < 4.78 is 32.6. The van der Waals surface area contributed by atoms with E-state index in [0.717, 1.165) is 0 Å². The molecule has 2 rings (SSSR count). The number of primary amides is 1. The second kappa shape index (κ2) is 6.33. The summed E-state index contributed by atoms with van der Waals surface area (Å²) in [6.07, 6.45) is 1.24. The summed E-state index contributed by atoms with van der Waals surface area (Å²) in [5.74, 6) is -0.623. The van der Waals surface area contributed by atoms with Crippen molar-refractivity contribution >= 4 is 31.9 Å². The Hall–Kier alpha value is -1.12. The molecule has 1 saturated heterocycles. The van der Waals surface area contributed by atoms with Crippen LogP contribution in [-0.2, 0) is 14.8 Å². The summed E-state index contributed by atoms with van der Waals surface area (Å²) in [6.45, 7) is 0.495. The van der Waals surface area contributed by atoms with E-state index in [9.17, 15) is 13.2 Å². The first-order valence-corrected chi connectivity index (χ1v) is 8.72. The van der Waals surface area contributed by atoms with Crippen molar-refractivity contribution < 1.29 is 17.9 Å².